The third-order valence-corrected chi connectivity index (χ3v) is 2.90. The van der Waals surface area contributed by atoms with E-state index >= 15 is 0 Å². The van der Waals surface area contributed by atoms with Crippen LogP contribution in [0.5, 0.6) is 5.75 Å². The van der Waals surface area contributed by atoms with E-state index in [4.69, 9.17) is 16.3 Å². The average Bonchev–Trinajstić information content (AvgIpc) is 2.27. The Hall–Kier alpha value is -0.800. The minimum atomic E-state index is -0.662. The lowest BCUT2D eigenvalue weighted by Crippen LogP contribution is -2.36. The lowest BCUT2D eigenvalue weighted by atomic mass is 9.99. The molecular weight excluding hydrogens is 219 g/mol. The number of aliphatic hydroxyl groups is 1. The third-order valence-electron chi connectivity index (χ3n) is 2.59. The van der Waals surface area contributed by atoms with Crippen LogP contribution < -0.4 is 4.74 Å². The molecule has 0 aliphatic carbocycles. The van der Waals surface area contributed by atoms with Gasteiger partial charge in [-0.3, -0.25) is 0 Å². The van der Waals surface area contributed by atoms with E-state index in [1.54, 1.807) is 6.07 Å². The molecule has 82 valence electrons. The highest BCUT2D eigenvalue weighted by atomic mass is 35.5. The van der Waals surface area contributed by atoms with E-state index < -0.39 is 6.10 Å². The average molecular weight is 231 g/mol. The summed E-state index contributed by atoms with van der Waals surface area (Å²) in [4.78, 5) is 0. The molecule has 1 N–H and O–H groups in total. The molecule has 1 aliphatic rings. The van der Waals surface area contributed by atoms with Crippen LogP contribution in [0.3, 0.4) is 0 Å². The molecule has 2 atom stereocenters. The SMILES string of the molecule is O[C@H](CCl)[C@@H]1CCc2cc(F)ccc2O1. The number of hydrogen-bond donors (Lipinski definition) is 1. The summed E-state index contributed by atoms with van der Waals surface area (Å²) in [6.07, 6.45) is 0.445. The Balaban J connectivity index is 2.16. The lowest BCUT2D eigenvalue weighted by molar-refractivity contribution is 0.0377. The molecule has 0 radical (unpaired) electrons. The summed E-state index contributed by atoms with van der Waals surface area (Å²) in [5.41, 5.74) is 0.855. The molecule has 1 aromatic rings. The first-order valence-corrected chi connectivity index (χ1v) is 5.43. The van der Waals surface area contributed by atoms with Gasteiger partial charge in [-0.05, 0) is 36.6 Å². The van der Waals surface area contributed by atoms with Crippen molar-refractivity contribution in [2.45, 2.75) is 25.0 Å². The highest BCUT2D eigenvalue weighted by Gasteiger charge is 2.25. The van der Waals surface area contributed by atoms with Gasteiger partial charge in [-0.25, -0.2) is 4.39 Å². The first-order chi connectivity index (χ1) is 7.20. The fourth-order valence-corrected chi connectivity index (χ4v) is 1.95. The Kier molecular flexibility index (Phi) is 3.12. The van der Waals surface area contributed by atoms with Crippen LogP contribution in [0, 0.1) is 5.82 Å². The molecule has 1 aliphatic heterocycles. The number of ether oxygens (including phenoxy) is 1. The van der Waals surface area contributed by atoms with Crippen molar-refractivity contribution in [3.63, 3.8) is 0 Å². The molecule has 0 spiro atoms. The van der Waals surface area contributed by atoms with Crippen LogP contribution in [0.15, 0.2) is 18.2 Å². The van der Waals surface area contributed by atoms with E-state index in [9.17, 15) is 9.50 Å². The first kappa shape index (κ1) is 10.7. The summed E-state index contributed by atoms with van der Waals surface area (Å²) in [7, 11) is 0. The highest BCUT2D eigenvalue weighted by molar-refractivity contribution is 6.18. The monoisotopic (exact) mass is 230 g/mol. The quantitative estimate of drug-likeness (QED) is 0.789. The van der Waals surface area contributed by atoms with Crippen molar-refractivity contribution in [3.8, 4) is 5.75 Å². The zero-order valence-corrected chi connectivity index (χ0v) is 8.88. The number of halogens is 2. The Bertz CT molecular complexity index is 356. The van der Waals surface area contributed by atoms with E-state index in [1.165, 1.54) is 12.1 Å². The topological polar surface area (TPSA) is 29.5 Å². The van der Waals surface area contributed by atoms with Gasteiger partial charge in [0.25, 0.3) is 0 Å². The standard InChI is InChI=1S/C11H12ClFO2/c12-6-9(14)11-3-1-7-5-8(13)2-4-10(7)15-11/h2,4-5,9,11,14H,1,3,6H2/t9-,11+/m1/s1. The van der Waals surface area contributed by atoms with Gasteiger partial charge in [-0.1, -0.05) is 0 Å². The summed E-state index contributed by atoms with van der Waals surface area (Å²) < 4.78 is 18.4. The zero-order valence-electron chi connectivity index (χ0n) is 8.12. The zero-order chi connectivity index (χ0) is 10.8. The third kappa shape index (κ3) is 2.24. The maximum absolute atomic E-state index is 12.9. The van der Waals surface area contributed by atoms with E-state index in [1.807, 2.05) is 0 Å². The van der Waals surface area contributed by atoms with E-state index in [0.717, 1.165) is 5.56 Å². The summed E-state index contributed by atoms with van der Waals surface area (Å²) in [5, 5.41) is 9.53. The summed E-state index contributed by atoms with van der Waals surface area (Å²) in [6, 6.07) is 4.42. The van der Waals surface area contributed by atoms with Crippen molar-refractivity contribution in [2.24, 2.45) is 0 Å². The normalized spacial score (nSPS) is 21.7. The minimum absolute atomic E-state index is 0.154. The van der Waals surface area contributed by atoms with E-state index in [2.05, 4.69) is 0 Å². The molecule has 0 unspecified atom stereocenters. The first-order valence-electron chi connectivity index (χ1n) is 4.90. The fraction of sp³-hybridized carbons (Fsp3) is 0.455. The molecule has 2 rings (SSSR count). The number of aryl methyl sites for hydroxylation is 1. The predicted molar refractivity (Wildman–Crippen MR) is 55.9 cm³/mol. The molecule has 2 nitrogen and oxygen atoms in total. The Labute approximate surface area is 92.6 Å². The van der Waals surface area contributed by atoms with Gasteiger partial charge in [0.1, 0.15) is 23.8 Å². The van der Waals surface area contributed by atoms with Crippen LogP contribution in [-0.2, 0) is 6.42 Å². The minimum Gasteiger partial charge on any atom is -0.487 e. The number of fused-ring (bicyclic) bond motifs is 1. The second-order valence-corrected chi connectivity index (χ2v) is 3.98. The van der Waals surface area contributed by atoms with Gasteiger partial charge in [-0.15, -0.1) is 11.6 Å². The Morgan fingerprint density at radius 2 is 2.40 bits per heavy atom. The van der Waals surface area contributed by atoms with Gasteiger partial charge in [0, 0.05) is 0 Å². The number of hydrogen-bond acceptors (Lipinski definition) is 2. The number of rotatable bonds is 2. The van der Waals surface area contributed by atoms with Crippen molar-refractivity contribution < 1.29 is 14.2 Å². The van der Waals surface area contributed by atoms with Crippen molar-refractivity contribution in [1.82, 2.24) is 0 Å². The van der Waals surface area contributed by atoms with Crippen LogP contribution in [0.4, 0.5) is 4.39 Å². The molecule has 0 amide bonds. The molecule has 1 aromatic carbocycles. The smallest absolute Gasteiger partial charge is 0.126 e. The molecule has 0 fully saturated rings. The van der Waals surface area contributed by atoms with E-state index in [-0.39, 0.29) is 17.8 Å². The van der Waals surface area contributed by atoms with Gasteiger partial charge >= 0.3 is 0 Å². The molecule has 0 saturated heterocycles. The molecule has 1 heterocycles. The highest BCUT2D eigenvalue weighted by Crippen LogP contribution is 2.29. The molecule has 0 bridgehead atoms. The second-order valence-electron chi connectivity index (χ2n) is 3.67. The largest absolute Gasteiger partial charge is 0.487 e. The Morgan fingerprint density at radius 1 is 1.60 bits per heavy atom. The predicted octanol–water partition coefficient (Wildman–Crippen LogP) is 2.12. The van der Waals surface area contributed by atoms with Gasteiger partial charge in [-0.2, -0.15) is 0 Å². The van der Waals surface area contributed by atoms with Gasteiger partial charge in [0.2, 0.25) is 0 Å². The summed E-state index contributed by atoms with van der Waals surface area (Å²) in [6.45, 7) is 0. The van der Waals surface area contributed by atoms with Crippen LogP contribution in [-0.4, -0.2) is 23.2 Å². The second kappa shape index (κ2) is 4.37. The van der Waals surface area contributed by atoms with Crippen LogP contribution >= 0.6 is 11.6 Å². The molecule has 0 saturated carbocycles. The maximum Gasteiger partial charge on any atom is 0.126 e. The molecule has 0 aromatic heterocycles. The van der Waals surface area contributed by atoms with Crippen LogP contribution in [0.1, 0.15) is 12.0 Å². The fourth-order valence-electron chi connectivity index (χ4n) is 1.75. The van der Waals surface area contributed by atoms with E-state index in [0.29, 0.717) is 18.6 Å². The lowest BCUT2D eigenvalue weighted by Gasteiger charge is -2.28. The number of alkyl halides is 1. The number of aliphatic hydroxyl groups excluding tert-OH is 1. The summed E-state index contributed by atoms with van der Waals surface area (Å²) in [5.74, 6) is 0.548. The van der Waals surface area contributed by atoms with Crippen molar-refractivity contribution in [2.75, 3.05) is 5.88 Å². The van der Waals surface area contributed by atoms with Crippen LogP contribution in [0.25, 0.3) is 0 Å². The molecular formula is C11H12ClFO2. The van der Waals surface area contributed by atoms with Gasteiger partial charge in [0.05, 0.1) is 5.88 Å². The number of benzene rings is 1. The maximum atomic E-state index is 12.9. The molecule has 15 heavy (non-hydrogen) atoms. The molecule has 4 heteroatoms. The van der Waals surface area contributed by atoms with Crippen molar-refractivity contribution in [3.05, 3.63) is 29.6 Å². The summed E-state index contributed by atoms with van der Waals surface area (Å²) >= 11 is 5.55. The van der Waals surface area contributed by atoms with Crippen molar-refractivity contribution in [1.29, 1.82) is 0 Å². The van der Waals surface area contributed by atoms with Crippen molar-refractivity contribution >= 4 is 11.6 Å². The van der Waals surface area contributed by atoms with Gasteiger partial charge < -0.3 is 9.84 Å². The van der Waals surface area contributed by atoms with Crippen LogP contribution in [0.2, 0.25) is 0 Å². The van der Waals surface area contributed by atoms with Gasteiger partial charge in [0.15, 0.2) is 0 Å². The Morgan fingerprint density at radius 3 is 3.13 bits per heavy atom.